The number of hydrogen-bond acceptors (Lipinski definition) is 4. The first kappa shape index (κ1) is 51.4. The number of carbonyl (C=O) groups is 1. The van der Waals surface area contributed by atoms with Crippen LogP contribution in [0.3, 0.4) is 0 Å². The molecule has 4 heteroatoms. The molecule has 4 nitrogen and oxygen atoms in total. The van der Waals surface area contributed by atoms with Crippen LogP contribution in [0.4, 0.5) is 0 Å². The van der Waals surface area contributed by atoms with Crippen molar-refractivity contribution in [2.24, 2.45) is 0 Å². The molecule has 0 radical (unpaired) electrons. The Morgan fingerprint density at radius 2 is 0.635 bits per heavy atom. The van der Waals surface area contributed by atoms with E-state index in [1.165, 1.54) is 238 Å². The van der Waals surface area contributed by atoms with Crippen LogP contribution in [0.2, 0.25) is 0 Å². The van der Waals surface area contributed by atoms with Gasteiger partial charge in [0.15, 0.2) is 0 Å². The van der Waals surface area contributed by atoms with E-state index in [1.54, 1.807) is 0 Å². The Kier molecular flexibility index (Phi) is 46.0. The number of ether oxygens (including phenoxy) is 2. The molecule has 0 fully saturated rings. The monoisotopic (exact) mass is 737 g/mol. The van der Waals surface area contributed by atoms with Crippen LogP contribution in [0.15, 0.2) is 0 Å². The summed E-state index contributed by atoms with van der Waals surface area (Å²) < 4.78 is 11.2. The minimum atomic E-state index is -0.525. The molecule has 0 spiro atoms. The van der Waals surface area contributed by atoms with Gasteiger partial charge in [0.05, 0.1) is 13.2 Å². The lowest BCUT2D eigenvalue weighted by Crippen LogP contribution is -2.27. The van der Waals surface area contributed by atoms with Gasteiger partial charge in [0.25, 0.3) is 0 Å². The topological polar surface area (TPSA) is 55.8 Å². The molecule has 0 amide bonds. The molecule has 1 atom stereocenters. The van der Waals surface area contributed by atoms with Gasteiger partial charge >= 0.3 is 5.97 Å². The van der Waals surface area contributed by atoms with E-state index >= 15 is 0 Å². The van der Waals surface area contributed by atoms with Gasteiger partial charge in [0.2, 0.25) is 0 Å². The first-order valence-corrected chi connectivity index (χ1v) is 24.1. The SMILES string of the molecule is CCCCCCCCCCCCCCCCCCCCCCCOCC(CO)OC(=O)CCCCCCCCCCCCCCCCCCCCC. The Bertz CT molecular complexity index is 652. The van der Waals surface area contributed by atoms with Crippen molar-refractivity contribution in [3.05, 3.63) is 0 Å². The van der Waals surface area contributed by atoms with Crippen LogP contribution in [0.5, 0.6) is 0 Å². The first-order valence-electron chi connectivity index (χ1n) is 24.1. The largest absolute Gasteiger partial charge is 0.457 e. The fraction of sp³-hybridized carbons (Fsp3) is 0.979. The van der Waals surface area contributed by atoms with Gasteiger partial charge in [0.1, 0.15) is 6.10 Å². The second kappa shape index (κ2) is 46.5. The summed E-state index contributed by atoms with van der Waals surface area (Å²) >= 11 is 0. The molecule has 312 valence electrons. The quantitative estimate of drug-likeness (QED) is 0.0499. The number of esters is 1. The van der Waals surface area contributed by atoms with Gasteiger partial charge in [-0.05, 0) is 12.8 Å². The second-order valence-electron chi connectivity index (χ2n) is 16.6. The van der Waals surface area contributed by atoms with Crippen molar-refractivity contribution in [1.82, 2.24) is 0 Å². The zero-order chi connectivity index (χ0) is 37.7. The summed E-state index contributed by atoms with van der Waals surface area (Å²) in [5.41, 5.74) is 0. The molecule has 0 aromatic carbocycles. The van der Waals surface area contributed by atoms with E-state index < -0.39 is 6.10 Å². The summed E-state index contributed by atoms with van der Waals surface area (Å²) in [6.45, 7) is 5.42. The molecule has 0 aromatic rings. The standard InChI is InChI=1S/C48H96O4/c1-3-5-7-9-11-13-15-17-19-21-23-24-26-28-30-32-34-36-38-40-42-44-51-46-47(45-49)52-48(50)43-41-39-37-35-33-31-29-27-25-22-20-18-16-14-12-10-8-6-4-2/h47,49H,3-46H2,1-2H3. The zero-order valence-electron chi connectivity index (χ0n) is 35.9. The first-order chi connectivity index (χ1) is 25.7. The Morgan fingerprint density at radius 3 is 0.904 bits per heavy atom. The van der Waals surface area contributed by atoms with Gasteiger partial charge in [-0.15, -0.1) is 0 Å². The van der Waals surface area contributed by atoms with Crippen LogP contribution < -0.4 is 0 Å². The third-order valence-electron chi connectivity index (χ3n) is 11.2. The van der Waals surface area contributed by atoms with Gasteiger partial charge < -0.3 is 14.6 Å². The third kappa shape index (κ3) is 43.8. The van der Waals surface area contributed by atoms with Crippen molar-refractivity contribution in [2.75, 3.05) is 19.8 Å². The molecule has 0 aliphatic heterocycles. The number of unbranched alkanes of at least 4 members (excludes halogenated alkanes) is 38. The minimum absolute atomic E-state index is 0.162. The predicted molar refractivity (Wildman–Crippen MR) is 228 cm³/mol. The zero-order valence-corrected chi connectivity index (χ0v) is 35.9. The van der Waals surface area contributed by atoms with Gasteiger partial charge in [-0.25, -0.2) is 0 Å². The highest BCUT2D eigenvalue weighted by Gasteiger charge is 2.13. The van der Waals surface area contributed by atoms with E-state index in [1.807, 2.05) is 0 Å². The van der Waals surface area contributed by atoms with Crippen molar-refractivity contribution >= 4 is 5.97 Å². The molecule has 0 aliphatic rings. The second-order valence-corrected chi connectivity index (χ2v) is 16.6. The molecular weight excluding hydrogens is 641 g/mol. The summed E-state index contributed by atoms with van der Waals surface area (Å²) in [7, 11) is 0. The summed E-state index contributed by atoms with van der Waals surface area (Å²) in [5.74, 6) is -0.191. The molecule has 1 N–H and O–H groups in total. The lowest BCUT2D eigenvalue weighted by atomic mass is 10.0. The van der Waals surface area contributed by atoms with Crippen LogP contribution in [-0.4, -0.2) is 37.0 Å². The van der Waals surface area contributed by atoms with Crippen molar-refractivity contribution in [1.29, 1.82) is 0 Å². The number of rotatable bonds is 46. The smallest absolute Gasteiger partial charge is 0.306 e. The molecule has 0 bridgehead atoms. The fourth-order valence-electron chi connectivity index (χ4n) is 7.57. The molecule has 0 saturated carbocycles. The Hall–Kier alpha value is -0.610. The lowest BCUT2D eigenvalue weighted by molar-refractivity contribution is -0.154. The highest BCUT2D eigenvalue weighted by Crippen LogP contribution is 2.17. The van der Waals surface area contributed by atoms with Crippen LogP contribution in [0, 0.1) is 0 Å². The minimum Gasteiger partial charge on any atom is -0.457 e. The summed E-state index contributed by atoms with van der Waals surface area (Å²) in [6.07, 6.45) is 54.7. The maximum Gasteiger partial charge on any atom is 0.306 e. The average Bonchev–Trinajstić information content (AvgIpc) is 3.15. The number of carbonyl (C=O) groups excluding carboxylic acids is 1. The Balaban J connectivity index is 3.33. The van der Waals surface area contributed by atoms with Gasteiger partial charge in [-0.3, -0.25) is 4.79 Å². The van der Waals surface area contributed by atoms with Crippen LogP contribution in [-0.2, 0) is 14.3 Å². The predicted octanol–water partition coefficient (Wildman–Crippen LogP) is 15.9. The number of aliphatic hydroxyl groups is 1. The van der Waals surface area contributed by atoms with E-state index in [2.05, 4.69) is 13.8 Å². The van der Waals surface area contributed by atoms with Gasteiger partial charge in [-0.1, -0.05) is 258 Å². The normalized spacial score (nSPS) is 12.1. The van der Waals surface area contributed by atoms with Crippen molar-refractivity contribution < 1.29 is 19.4 Å². The summed E-state index contributed by atoms with van der Waals surface area (Å²) in [5, 5.41) is 9.63. The highest BCUT2D eigenvalue weighted by molar-refractivity contribution is 5.69. The van der Waals surface area contributed by atoms with Crippen LogP contribution in [0.1, 0.15) is 277 Å². The van der Waals surface area contributed by atoms with Crippen molar-refractivity contribution in [2.45, 2.75) is 283 Å². The molecule has 0 aliphatic carbocycles. The van der Waals surface area contributed by atoms with Crippen LogP contribution in [0.25, 0.3) is 0 Å². The summed E-state index contributed by atoms with van der Waals surface area (Å²) in [6, 6.07) is 0. The van der Waals surface area contributed by atoms with Gasteiger partial charge in [0, 0.05) is 13.0 Å². The Labute approximate surface area is 327 Å². The van der Waals surface area contributed by atoms with E-state index in [9.17, 15) is 9.90 Å². The molecule has 1 unspecified atom stereocenters. The van der Waals surface area contributed by atoms with E-state index in [0.717, 1.165) is 19.3 Å². The van der Waals surface area contributed by atoms with Crippen molar-refractivity contribution in [3.8, 4) is 0 Å². The number of hydrogen-bond donors (Lipinski definition) is 1. The number of aliphatic hydroxyl groups excluding tert-OH is 1. The maximum atomic E-state index is 12.2. The fourth-order valence-corrected chi connectivity index (χ4v) is 7.57. The Morgan fingerprint density at radius 1 is 0.385 bits per heavy atom. The lowest BCUT2D eigenvalue weighted by Gasteiger charge is -2.16. The van der Waals surface area contributed by atoms with Crippen LogP contribution >= 0.6 is 0 Å². The molecule has 52 heavy (non-hydrogen) atoms. The molecule has 0 heterocycles. The van der Waals surface area contributed by atoms with Crippen molar-refractivity contribution in [3.63, 3.8) is 0 Å². The molecular formula is C48H96O4. The average molecular weight is 737 g/mol. The maximum absolute atomic E-state index is 12.2. The molecule has 0 aromatic heterocycles. The van der Waals surface area contributed by atoms with Gasteiger partial charge in [-0.2, -0.15) is 0 Å². The molecule has 0 rings (SSSR count). The van der Waals surface area contributed by atoms with E-state index in [4.69, 9.17) is 9.47 Å². The third-order valence-corrected chi connectivity index (χ3v) is 11.2. The molecule has 0 saturated heterocycles. The van der Waals surface area contributed by atoms with E-state index in [0.29, 0.717) is 19.6 Å². The van der Waals surface area contributed by atoms with E-state index in [-0.39, 0.29) is 12.6 Å². The summed E-state index contributed by atoms with van der Waals surface area (Å²) in [4.78, 5) is 12.2. The highest BCUT2D eigenvalue weighted by atomic mass is 16.6.